The summed E-state index contributed by atoms with van der Waals surface area (Å²) < 4.78 is 0. The number of nitrogens with zero attached hydrogens (tertiary/aromatic N) is 5. The van der Waals surface area contributed by atoms with E-state index in [1.54, 1.807) is 6.20 Å². The summed E-state index contributed by atoms with van der Waals surface area (Å²) in [6.07, 6.45) is 1.79. The molecule has 7 heteroatoms. The minimum Gasteiger partial charge on any atom is -0.338 e. The number of amides is 1. The largest absolute Gasteiger partial charge is 0.338 e. The van der Waals surface area contributed by atoms with Crippen LogP contribution in [0.3, 0.4) is 0 Å². The molecule has 1 atom stereocenters. The Labute approximate surface area is 144 Å². The summed E-state index contributed by atoms with van der Waals surface area (Å²) in [6.45, 7) is 12.1. The molecule has 0 aliphatic carbocycles. The molecule has 0 radical (unpaired) electrons. The molecule has 2 aliphatic heterocycles. The van der Waals surface area contributed by atoms with Crippen LogP contribution in [0.5, 0.6) is 0 Å². The molecule has 2 fully saturated rings. The van der Waals surface area contributed by atoms with Gasteiger partial charge in [-0.3, -0.25) is 9.69 Å². The van der Waals surface area contributed by atoms with Crippen molar-refractivity contribution < 1.29 is 4.79 Å². The highest BCUT2D eigenvalue weighted by Gasteiger charge is 2.31. The van der Waals surface area contributed by atoms with Crippen LogP contribution in [0.4, 0.5) is 5.95 Å². The second kappa shape index (κ2) is 7.44. The smallest absolute Gasteiger partial charge is 0.241 e. The SMILES string of the molecule is Cc1ccnc(N2CCN(C(=O)[C@H]3CN(C(C)C)CCN3)CC2)n1. The van der Waals surface area contributed by atoms with E-state index >= 15 is 0 Å². The van der Waals surface area contributed by atoms with Crippen LogP contribution < -0.4 is 10.2 Å². The first-order valence-corrected chi connectivity index (χ1v) is 8.85. The lowest BCUT2D eigenvalue weighted by Gasteiger charge is -2.40. The number of rotatable bonds is 3. The van der Waals surface area contributed by atoms with E-state index in [2.05, 4.69) is 38.9 Å². The van der Waals surface area contributed by atoms with Crippen LogP contribution in [-0.2, 0) is 4.79 Å². The number of hydrogen-bond acceptors (Lipinski definition) is 6. The predicted molar refractivity (Wildman–Crippen MR) is 94.1 cm³/mol. The van der Waals surface area contributed by atoms with E-state index in [0.29, 0.717) is 6.04 Å². The maximum atomic E-state index is 12.8. The Hall–Kier alpha value is -1.73. The summed E-state index contributed by atoms with van der Waals surface area (Å²) >= 11 is 0. The van der Waals surface area contributed by atoms with Crippen LogP contribution in [0.25, 0.3) is 0 Å². The van der Waals surface area contributed by atoms with Crippen molar-refractivity contribution in [3.05, 3.63) is 18.0 Å². The van der Waals surface area contributed by atoms with Gasteiger partial charge in [-0.15, -0.1) is 0 Å². The summed E-state index contributed by atoms with van der Waals surface area (Å²) in [4.78, 5) is 28.1. The molecule has 2 saturated heterocycles. The third-order valence-corrected chi connectivity index (χ3v) is 4.89. The van der Waals surface area contributed by atoms with Crippen molar-refractivity contribution in [1.82, 2.24) is 25.1 Å². The molecule has 1 aromatic heterocycles. The fraction of sp³-hybridized carbons (Fsp3) is 0.706. The normalized spacial score (nSPS) is 22.9. The highest BCUT2D eigenvalue weighted by atomic mass is 16.2. The molecule has 1 N–H and O–H groups in total. The molecule has 1 aromatic rings. The summed E-state index contributed by atoms with van der Waals surface area (Å²) in [7, 11) is 0. The number of nitrogens with one attached hydrogen (secondary N) is 1. The van der Waals surface area contributed by atoms with Crippen LogP contribution in [0.1, 0.15) is 19.5 Å². The first kappa shape index (κ1) is 17.1. The summed E-state index contributed by atoms with van der Waals surface area (Å²) in [5, 5.41) is 3.38. The molecule has 0 saturated carbocycles. The number of piperazine rings is 2. The van der Waals surface area contributed by atoms with Gasteiger partial charge < -0.3 is 15.1 Å². The van der Waals surface area contributed by atoms with Crippen molar-refractivity contribution in [2.45, 2.75) is 32.9 Å². The average molecular weight is 332 g/mol. The quantitative estimate of drug-likeness (QED) is 0.848. The monoisotopic (exact) mass is 332 g/mol. The number of carbonyl (C=O) groups is 1. The topological polar surface area (TPSA) is 64.6 Å². The van der Waals surface area contributed by atoms with Crippen LogP contribution in [0.15, 0.2) is 12.3 Å². The molecule has 7 nitrogen and oxygen atoms in total. The van der Waals surface area contributed by atoms with Gasteiger partial charge in [-0.1, -0.05) is 0 Å². The maximum absolute atomic E-state index is 12.8. The summed E-state index contributed by atoms with van der Waals surface area (Å²) in [6, 6.07) is 2.30. The lowest BCUT2D eigenvalue weighted by atomic mass is 10.1. The molecule has 1 amide bonds. The van der Waals surface area contributed by atoms with Crippen LogP contribution in [0, 0.1) is 6.92 Å². The van der Waals surface area contributed by atoms with Gasteiger partial charge in [-0.05, 0) is 26.8 Å². The standard InChI is InChI=1S/C17H28N6O/c1-13(2)23-7-6-18-15(12-23)16(24)21-8-10-22(11-9-21)17-19-5-4-14(3)20-17/h4-5,13,15,18H,6-12H2,1-3H3/t15-/m1/s1. The number of hydrogen-bond donors (Lipinski definition) is 1. The molecule has 0 unspecified atom stereocenters. The highest BCUT2D eigenvalue weighted by molar-refractivity contribution is 5.82. The molecule has 132 valence electrons. The van der Waals surface area contributed by atoms with E-state index in [-0.39, 0.29) is 11.9 Å². The Morgan fingerprint density at radius 3 is 2.67 bits per heavy atom. The molecular weight excluding hydrogens is 304 g/mol. The Kier molecular flexibility index (Phi) is 5.30. The third-order valence-electron chi connectivity index (χ3n) is 4.89. The van der Waals surface area contributed by atoms with E-state index < -0.39 is 0 Å². The number of carbonyl (C=O) groups excluding carboxylic acids is 1. The fourth-order valence-electron chi connectivity index (χ4n) is 3.34. The lowest BCUT2D eigenvalue weighted by Crippen LogP contribution is -2.61. The zero-order valence-corrected chi connectivity index (χ0v) is 14.9. The Morgan fingerprint density at radius 1 is 1.25 bits per heavy atom. The Bertz CT molecular complexity index is 570. The molecule has 0 aromatic carbocycles. The lowest BCUT2D eigenvalue weighted by molar-refractivity contribution is -0.135. The second-order valence-corrected chi connectivity index (χ2v) is 6.91. The Morgan fingerprint density at radius 2 is 2.00 bits per heavy atom. The van der Waals surface area contributed by atoms with E-state index in [9.17, 15) is 4.79 Å². The second-order valence-electron chi connectivity index (χ2n) is 6.91. The molecule has 2 aliphatic rings. The number of aryl methyl sites for hydroxylation is 1. The van der Waals surface area contributed by atoms with Gasteiger partial charge >= 0.3 is 0 Å². The molecule has 0 bridgehead atoms. The van der Waals surface area contributed by atoms with E-state index in [1.165, 1.54) is 0 Å². The van der Waals surface area contributed by atoms with Gasteiger partial charge in [0, 0.05) is 63.7 Å². The first-order valence-electron chi connectivity index (χ1n) is 8.85. The van der Waals surface area contributed by atoms with Gasteiger partial charge in [-0.2, -0.15) is 0 Å². The van der Waals surface area contributed by atoms with Crippen molar-refractivity contribution in [1.29, 1.82) is 0 Å². The highest BCUT2D eigenvalue weighted by Crippen LogP contribution is 2.13. The van der Waals surface area contributed by atoms with E-state index in [0.717, 1.165) is 57.5 Å². The Balaban J connectivity index is 1.55. The van der Waals surface area contributed by atoms with E-state index in [1.807, 2.05) is 17.9 Å². The molecule has 3 heterocycles. The van der Waals surface area contributed by atoms with E-state index in [4.69, 9.17) is 0 Å². The van der Waals surface area contributed by atoms with Crippen molar-refractivity contribution >= 4 is 11.9 Å². The molecule has 3 rings (SSSR count). The minimum absolute atomic E-state index is 0.0806. The number of aromatic nitrogens is 2. The van der Waals surface area contributed by atoms with Gasteiger partial charge in [0.2, 0.25) is 11.9 Å². The fourth-order valence-corrected chi connectivity index (χ4v) is 3.34. The van der Waals surface area contributed by atoms with Crippen LogP contribution in [-0.4, -0.2) is 83.6 Å². The summed E-state index contributed by atoms with van der Waals surface area (Å²) in [5.74, 6) is 0.994. The van der Waals surface area contributed by atoms with Gasteiger partial charge in [0.25, 0.3) is 0 Å². The first-order chi connectivity index (χ1) is 11.5. The molecule has 0 spiro atoms. The van der Waals surface area contributed by atoms with Gasteiger partial charge in [0.05, 0.1) is 6.04 Å². The van der Waals surface area contributed by atoms with Crippen molar-refractivity contribution in [2.24, 2.45) is 0 Å². The van der Waals surface area contributed by atoms with Crippen molar-refractivity contribution in [3.63, 3.8) is 0 Å². The van der Waals surface area contributed by atoms with Crippen molar-refractivity contribution in [2.75, 3.05) is 50.7 Å². The maximum Gasteiger partial charge on any atom is 0.241 e. The predicted octanol–water partition coefficient (Wildman–Crippen LogP) is 0.116. The van der Waals surface area contributed by atoms with Crippen LogP contribution in [0.2, 0.25) is 0 Å². The van der Waals surface area contributed by atoms with Gasteiger partial charge in [0.1, 0.15) is 0 Å². The minimum atomic E-state index is -0.0806. The van der Waals surface area contributed by atoms with Gasteiger partial charge in [0.15, 0.2) is 0 Å². The number of anilines is 1. The molecule has 24 heavy (non-hydrogen) atoms. The van der Waals surface area contributed by atoms with Gasteiger partial charge in [-0.25, -0.2) is 9.97 Å². The molecular formula is C17H28N6O. The summed E-state index contributed by atoms with van der Waals surface area (Å²) in [5.41, 5.74) is 0.971. The average Bonchev–Trinajstić information content (AvgIpc) is 2.61. The zero-order chi connectivity index (χ0) is 17.1. The third kappa shape index (κ3) is 3.84. The van der Waals surface area contributed by atoms with Crippen LogP contribution >= 0.6 is 0 Å². The van der Waals surface area contributed by atoms with Crippen molar-refractivity contribution in [3.8, 4) is 0 Å². The zero-order valence-electron chi connectivity index (χ0n) is 14.9.